The van der Waals surface area contributed by atoms with Crippen LogP contribution >= 0.6 is 0 Å². The van der Waals surface area contributed by atoms with E-state index in [1.165, 1.54) is 135 Å². The summed E-state index contributed by atoms with van der Waals surface area (Å²) in [6.45, 7) is 11.4. The van der Waals surface area contributed by atoms with Gasteiger partial charge in [-0.25, -0.2) is 0 Å². The highest BCUT2D eigenvalue weighted by molar-refractivity contribution is 5.75. The maximum atomic E-state index is 12.9. The minimum atomic E-state index is -0.535. The standard InChI is InChI=1S/C34H68O2/c1-6-9-12-15-18-19-20-21-24-27-30-34(33(35)36,31(4)28-25-22-16-13-10-7-2)32(5)29-26-23-17-14-11-8-3/h31-32H,6-30H2,1-5H3,(H,35,36). The van der Waals surface area contributed by atoms with Gasteiger partial charge in [0.25, 0.3) is 0 Å². The van der Waals surface area contributed by atoms with E-state index in [0.717, 1.165) is 25.7 Å². The van der Waals surface area contributed by atoms with Crippen molar-refractivity contribution in [3.63, 3.8) is 0 Å². The Balaban J connectivity index is 4.80. The summed E-state index contributed by atoms with van der Waals surface area (Å²) >= 11 is 0. The van der Waals surface area contributed by atoms with Crippen molar-refractivity contribution in [2.45, 2.75) is 195 Å². The molecule has 0 aromatic heterocycles. The number of carboxylic acids is 1. The number of hydrogen-bond acceptors (Lipinski definition) is 1. The lowest BCUT2D eigenvalue weighted by atomic mass is 9.62. The van der Waals surface area contributed by atoms with Crippen LogP contribution < -0.4 is 0 Å². The van der Waals surface area contributed by atoms with Crippen molar-refractivity contribution in [2.75, 3.05) is 0 Å². The Morgan fingerprint density at radius 1 is 0.500 bits per heavy atom. The maximum Gasteiger partial charge on any atom is 0.310 e. The molecular formula is C34H68O2. The molecule has 0 bridgehead atoms. The fourth-order valence-electron chi connectivity index (χ4n) is 6.39. The second kappa shape index (κ2) is 24.8. The molecule has 0 fully saturated rings. The highest BCUT2D eigenvalue weighted by Crippen LogP contribution is 2.46. The van der Waals surface area contributed by atoms with E-state index in [2.05, 4.69) is 34.6 Å². The molecule has 216 valence electrons. The van der Waals surface area contributed by atoms with Crippen LogP contribution in [0.15, 0.2) is 0 Å². The second-order valence-electron chi connectivity index (χ2n) is 12.2. The van der Waals surface area contributed by atoms with Gasteiger partial charge in [-0.2, -0.15) is 0 Å². The third kappa shape index (κ3) is 16.3. The van der Waals surface area contributed by atoms with E-state index < -0.39 is 11.4 Å². The molecule has 2 heteroatoms. The number of unbranched alkanes of at least 4 members (excludes halogenated alkanes) is 19. The van der Waals surface area contributed by atoms with E-state index in [4.69, 9.17) is 0 Å². The summed E-state index contributed by atoms with van der Waals surface area (Å²) < 4.78 is 0. The first-order valence-electron chi connectivity index (χ1n) is 16.7. The van der Waals surface area contributed by atoms with Crippen molar-refractivity contribution in [3.8, 4) is 0 Å². The predicted molar refractivity (Wildman–Crippen MR) is 161 cm³/mol. The Bertz CT molecular complexity index is 450. The Morgan fingerprint density at radius 2 is 0.778 bits per heavy atom. The summed E-state index contributed by atoms with van der Waals surface area (Å²) in [5, 5.41) is 10.7. The van der Waals surface area contributed by atoms with Crippen molar-refractivity contribution >= 4 is 5.97 Å². The van der Waals surface area contributed by atoms with Crippen LogP contribution in [0.2, 0.25) is 0 Å². The third-order valence-corrected chi connectivity index (χ3v) is 9.08. The molecule has 0 aromatic rings. The van der Waals surface area contributed by atoms with Crippen molar-refractivity contribution in [2.24, 2.45) is 17.3 Å². The molecule has 0 saturated carbocycles. The predicted octanol–water partition coefficient (Wildman–Crippen LogP) is 12.1. The average molecular weight is 509 g/mol. The van der Waals surface area contributed by atoms with Gasteiger partial charge in [0.2, 0.25) is 0 Å². The normalized spacial score (nSPS) is 15.0. The van der Waals surface area contributed by atoms with E-state index in [1.807, 2.05) is 0 Å². The Labute approximate surface area is 228 Å². The molecule has 0 rings (SSSR count). The molecular weight excluding hydrogens is 440 g/mol. The van der Waals surface area contributed by atoms with Crippen molar-refractivity contribution < 1.29 is 9.90 Å². The fraction of sp³-hybridized carbons (Fsp3) is 0.971. The van der Waals surface area contributed by atoms with E-state index in [9.17, 15) is 9.90 Å². The molecule has 0 heterocycles. The molecule has 0 amide bonds. The lowest BCUT2D eigenvalue weighted by Gasteiger charge is -2.41. The molecule has 0 aliphatic heterocycles. The van der Waals surface area contributed by atoms with Crippen molar-refractivity contribution in [3.05, 3.63) is 0 Å². The van der Waals surface area contributed by atoms with E-state index in [-0.39, 0.29) is 11.8 Å². The third-order valence-electron chi connectivity index (χ3n) is 9.08. The SMILES string of the molecule is CCCCCCCCCCCCC(C(=O)O)(C(C)CCCCCCCC)C(C)CCCCCCCC. The van der Waals surface area contributed by atoms with Crippen LogP contribution in [-0.4, -0.2) is 11.1 Å². The van der Waals surface area contributed by atoms with E-state index in [0.29, 0.717) is 0 Å². The largest absolute Gasteiger partial charge is 0.481 e. The summed E-state index contributed by atoms with van der Waals surface area (Å²) in [7, 11) is 0. The Hall–Kier alpha value is -0.530. The van der Waals surface area contributed by atoms with Gasteiger partial charge in [-0.3, -0.25) is 4.79 Å². The first-order valence-corrected chi connectivity index (χ1v) is 16.7. The summed E-state index contributed by atoms with van der Waals surface area (Å²) in [6, 6.07) is 0. The highest BCUT2D eigenvalue weighted by Gasteiger charge is 2.46. The zero-order valence-corrected chi connectivity index (χ0v) is 25.7. The minimum absolute atomic E-state index is 0.273. The molecule has 0 aromatic carbocycles. The van der Waals surface area contributed by atoms with Crippen LogP contribution in [-0.2, 0) is 4.79 Å². The molecule has 0 aliphatic rings. The van der Waals surface area contributed by atoms with Crippen LogP contribution in [0.1, 0.15) is 195 Å². The fourth-order valence-corrected chi connectivity index (χ4v) is 6.39. The van der Waals surface area contributed by atoms with Gasteiger partial charge in [-0.15, -0.1) is 0 Å². The number of rotatable bonds is 28. The van der Waals surface area contributed by atoms with Gasteiger partial charge >= 0.3 is 5.97 Å². The number of carbonyl (C=O) groups is 1. The molecule has 2 nitrogen and oxygen atoms in total. The van der Waals surface area contributed by atoms with Crippen LogP contribution in [0.3, 0.4) is 0 Å². The monoisotopic (exact) mass is 509 g/mol. The van der Waals surface area contributed by atoms with Crippen LogP contribution in [0.25, 0.3) is 0 Å². The zero-order valence-electron chi connectivity index (χ0n) is 25.7. The van der Waals surface area contributed by atoms with Crippen molar-refractivity contribution in [1.29, 1.82) is 0 Å². The van der Waals surface area contributed by atoms with Gasteiger partial charge < -0.3 is 5.11 Å². The van der Waals surface area contributed by atoms with E-state index in [1.54, 1.807) is 0 Å². The minimum Gasteiger partial charge on any atom is -0.481 e. The molecule has 0 spiro atoms. The molecule has 2 atom stereocenters. The molecule has 2 unspecified atom stereocenters. The maximum absolute atomic E-state index is 12.9. The van der Waals surface area contributed by atoms with Crippen molar-refractivity contribution in [1.82, 2.24) is 0 Å². The lowest BCUT2D eigenvalue weighted by Crippen LogP contribution is -2.43. The molecule has 0 saturated heterocycles. The summed E-state index contributed by atoms with van der Waals surface area (Å²) in [5.41, 5.74) is -0.535. The molecule has 1 N–H and O–H groups in total. The van der Waals surface area contributed by atoms with Gasteiger partial charge in [0.1, 0.15) is 0 Å². The Morgan fingerprint density at radius 3 is 1.08 bits per heavy atom. The van der Waals surface area contributed by atoms with Gasteiger partial charge in [-0.05, 0) is 31.1 Å². The Kier molecular flexibility index (Phi) is 24.4. The smallest absolute Gasteiger partial charge is 0.310 e. The van der Waals surface area contributed by atoms with Crippen LogP contribution in [0.4, 0.5) is 0 Å². The average Bonchev–Trinajstić information content (AvgIpc) is 2.86. The molecule has 0 aliphatic carbocycles. The molecule has 36 heavy (non-hydrogen) atoms. The second-order valence-corrected chi connectivity index (χ2v) is 12.2. The lowest BCUT2D eigenvalue weighted by molar-refractivity contribution is -0.158. The number of carboxylic acid groups (broad SMARTS) is 1. The number of aliphatic carboxylic acids is 1. The van der Waals surface area contributed by atoms with E-state index >= 15 is 0 Å². The van der Waals surface area contributed by atoms with Gasteiger partial charge in [0, 0.05) is 0 Å². The van der Waals surface area contributed by atoms with Crippen LogP contribution in [0.5, 0.6) is 0 Å². The summed E-state index contributed by atoms with van der Waals surface area (Å²) in [5.74, 6) is 0.0417. The topological polar surface area (TPSA) is 37.3 Å². The summed E-state index contributed by atoms with van der Waals surface area (Å²) in [4.78, 5) is 12.9. The first kappa shape index (κ1) is 35.5. The van der Waals surface area contributed by atoms with Gasteiger partial charge in [0.15, 0.2) is 0 Å². The van der Waals surface area contributed by atoms with Gasteiger partial charge in [0.05, 0.1) is 5.41 Å². The van der Waals surface area contributed by atoms with Crippen LogP contribution in [0, 0.1) is 17.3 Å². The first-order chi connectivity index (χ1) is 17.5. The quantitative estimate of drug-likeness (QED) is 0.107. The summed E-state index contributed by atoms with van der Waals surface area (Å²) in [6.07, 6.45) is 31.6. The molecule has 0 radical (unpaired) electrons. The highest BCUT2D eigenvalue weighted by atomic mass is 16.4. The number of hydrogen-bond donors (Lipinski definition) is 1. The van der Waals surface area contributed by atoms with Gasteiger partial charge in [-0.1, -0.05) is 176 Å². The zero-order chi connectivity index (χ0) is 26.9.